The molecule has 2 aliphatic rings. The lowest BCUT2D eigenvalue weighted by Crippen LogP contribution is -2.45. The van der Waals surface area contributed by atoms with Crippen molar-refractivity contribution >= 4 is 11.4 Å². The second kappa shape index (κ2) is 5.23. The van der Waals surface area contributed by atoms with Crippen LogP contribution in [0.15, 0.2) is 30.5 Å². The molecule has 0 aromatic heterocycles. The maximum atomic E-state index is 3.42. The van der Waals surface area contributed by atoms with Gasteiger partial charge in [0.15, 0.2) is 0 Å². The Morgan fingerprint density at radius 3 is 2.68 bits per heavy atom. The van der Waals surface area contributed by atoms with Crippen molar-refractivity contribution in [3.05, 3.63) is 36.0 Å². The average molecular weight is 258 g/mol. The Hall–Kier alpha value is -1.52. The fourth-order valence-corrected chi connectivity index (χ4v) is 2.86. The number of para-hydroxylation sites is 1. The standard InChI is InChI=1S/C15H22N4/c1-17(2)19-10-4-6-13-5-3-7-14(15(13)19)18-11-8-16-9-12-18/h3-5,7,10,16H,6,8-9,11-12H2,1-2H3. The van der Waals surface area contributed by atoms with Gasteiger partial charge in [0.1, 0.15) is 0 Å². The van der Waals surface area contributed by atoms with Gasteiger partial charge in [0.05, 0.1) is 11.4 Å². The van der Waals surface area contributed by atoms with Crippen LogP contribution in [0.4, 0.5) is 11.4 Å². The SMILES string of the molecule is CN(C)N1C=CCc2cccc(N3CCNCC3)c21. The van der Waals surface area contributed by atoms with E-state index in [-0.39, 0.29) is 0 Å². The third-order valence-corrected chi connectivity index (χ3v) is 3.80. The molecule has 0 aliphatic carbocycles. The van der Waals surface area contributed by atoms with Crippen molar-refractivity contribution in [3.8, 4) is 0 Å². The van der Waals surface area contributed by atoms with Gasteiger partial charge >= 0.3 is 0 Å². The zero-order valence-corrected chi connectivity index (χ0v) is 11.8. The van der Waals surface area contributed by atoms with E-state index in [1.54, 1.807) is 0 Å². The number of hydrazine groups is 1. The molecule has 2 heterocycles. The Balaban J connectivity index is 2.01. The van der Waals surface area contributed by atoms with Crippen LogP contribution in [0.25, 0.3) is 0 Å². The summed E-state index contributed by atoms with van der Waals surface area (Å²) in [5, 5.41) is 7.80. The molecule has 1 saturated heterocycles. The van der Waals surface area contributed by atoms with Crippen LogP contribution >= 0.6 is 0 Å². The van der Waals surface area contributed by atoms with Gasteiger partial charge < -0.3 is 10.2 Å². The summed E-state index contributed by atoms with van der Waals surface area (Å²) in [4.78, 5) is 2.49. The van der Waals surface area contributed by atoms with E-state index in [0.29, 0.717) is 0 Å². The quantitative estimate of drug-likeness (QED) is 0.866. The Bertz CT molecular complexity index is 475. The molecule has 4 heteroatoms. The van der Waals surface area contributed by atoms with Gasteiger partial charge in [0.25, 0.3) is 0 Å². The van der Waals surface area contributed by atoms with Crippen LogP contribution in [0.5, 0.6) is 0 Å². The zero-order chi connectivity index (χ0) is 13.2. The molecule has 0 radical (unpaired) electrons. The Morgan fingerprint density at radius 1 is 1.16 bits per heavy atom. The fourth-order valence-electron chi connectivity index (χ4n) is 2.86. The first kappa shape index (κ1) is 12.5. The molecule has 19 heavy (non-hydrogen) atoms. The number of piperazine rings is 1. The lowest BCUT2D eigenvalue weighted by atomic mass is 10.0. The molecular formula is C15H22N4. The molecule has 0 unspecified atom stereocenters. The summed E-state index contributed by atoms with van der Waals surface area (Å²) < 4.78 is 0. The van der Waals surface area contributed by atoms with Gasteiger partial charge in [-0.2, -0.15) is 0 Å². The van der Waals surface area contributed by atoms with Gasteiger partial charge in [-0.05, 0) is 18.1 Å². The summed E-state index contributed by atoms with van der Waals surface area (Å²) in [6, 6.07) is 6.67. The highest BCUT2D eigenvalue weighted by molar-refractivity contribution is 5.77. The molecule has 3 rings (SSSR count). The fraction of sp³-hybridized carbons (Fsp3) is 0.467. The van der Waals surface area contributed by atoms with Crippen LogP contribution in [-0.4, -0.2) is 45.3 Å². The van der Waals surface area contributed by atoms with Crippen LogP contribution < -0.4 is 15.2 Å². The van der Waals surface area contributed by atoms with E-state index >= 15 is 0 Å². The Labute approximate surface area is 115 Å². The Morgan fingerprint density at radius 2 is 1.95 bits per heavy atom. The molecule has 0 amide bonds. The van der Waals surface area contributed by atoms with E-state index in [9.17, 15) is 0 Å². The molecule has 0 atom stereocenters. The van der Waals surface area contributed by atoms with Crippen molar-refractivity contribution in [2.24, 2.45) is 0 Å². The minimum atomic E-state index is 1.03. The highest BCUT2D eigenvalue weighted by Crippen LogP contribution is 2.36. The van der Waals surface area contributed by atoms with E-state index in [1.165, 1.54) is 16.9 Å². The molecule has 1 aromatic rings. The zero-order valence-electron chi connectivity index (χ0n) is 11.8. The van der Waals surface area contributed by atoms with Crippen LogP contribution in [-0.2, 0) is 6.42 Å². The van der Waals surface area contributed by atoms with Gasteiger partial charge in [-0.1, -0.05) is 18.2 Å². The minimum absolute atomic E-state index is 1.03. The smallest absolute Gasteiger partial charge is 0.0841 e. The van der Waals surface area contributed by atoms with Crippen LogP contribution in [0.1, 0.15) is 5.56 Å². The van der Waals surface area contributed by atoms with E-state index in [2.05, 4.69) is 64.8 Å². The van der Waals surface area contributed by atoms with Crippen molar-refractivity contribution in [2.75, 3.05) is 50.2 Å². The van der Waals surface area contributed by atoms with Gasteiger partial charge in [0.2, 0.25) is 0 Å². The monoisotopic (exact) mass is 258 g/mol. The molecule has 4 nitrogen and oxygen atoms in total. The summed E-state index contributed by atoms with van der Waals surface area (Å²) in [6.07, 6.45) is 5.43. The molecule has 1 fully saturated rings. The summed E-state index contributed by atoms with van der Waals surface area (Å²) in [5.74, 6) is 0. The van der Waals surface area contributed by atoms with Gasteiger partial charge in [-0.15, -0.1) is 0 Å². The number of hydrogen-bond donors (Lipinski definition) is 1. The highest BCUT2D eigenvalue weighted by atomic mass is 15.6. The van der Waals surface area contributed by atoms with Crippen molar-refractivity contribution in [1.82, 2.24) is 10.3 Å². The molecule has 2 aliphatic heterocycles. The topological polar surface area (TPSA) is 21.8 Å². The first-order chi connectivity index (χ1) is 9.27. The summed E-state index contributed by atoms with van der Waals surface area (Å²) in [7, 11) is 4.18. The number of nitrogens with zero attached hydrogens (tertiary/aromatic N) is 3. The first-order valence-corrected chi connectivity index (χ1v) is 6.98. The Kier molecular flexibility index (Phi) is 3.44. The third-order valence-electron chi connectivity index (χ3n) is 3.80. The van der Waals surface area contributed by atoms with Crippen molar-refractivity contribution in [1.29, 1.82) is 0 Å². The second-order valence-electron chi connectivity index (χ2n) is 5.30. The molecule has 1 N–H and O–H groups in total. The van der Waals surface area contributed by atoms with E-state index in [4.69, 9.17) is 0 Å². The molecule has 0 bridgehead atoms. The van der Waals surface area contributed by atoms with Gasteiger partial charge in [-0.25, -0.2) is 5.01 Å². The van der Waals surface area contributed by atoms with Gasteiger partial charge in [0, 0.05) is 46.5 Å². The first-order valence-electron chi connectivity index (χ1n) is 6.98. The second-order valence-corrected chi connectivity index (χ2v) is 5.30. The molecule has 1 aromatic carbocycles. The number of nitrogens with one attached hydrogen (secondary N) is 1. The minimum Gasteiger partial charge on any atom is -0.367 e. The maximum Gasteiger partial charge on any atom is 0.0841 e. The lowest BCUT2D eigenvalue weighted by Gasteiger charge is -2.38. The van der Waals surface area contributed by atoms with Crippen LogP contribution in [0.3, 0.4) is 0 Å². The molecule has 0 saturated carbocycles. The molecular weight excluding hydrogens is 236 g/mol. The number of allylic oxidation sites excluding steroid dienone is 1. The average Bonchev–Trinajstić information content (AvgIpc) is 2.46. The molecule has 0 spiro atoms. The highest BCUT2D eigenvalue weighted by Gasteiger charge is 2.22. The van der Waals surface area contributed by atoms with E-state index in [0.717, 1.165) is 32.6 Å². The molecule has 102 valence electrons. The van der Waals surface area contributed by atoms with Crippen molar-refractivity contribution in [2.45, 2.75) is 6.42 Å². The van der Waals surface area contributed by atoms with Crippen molar-refractivity contribution < 1.29 is 0 Å². The number of benzene rings is 1. The maximum absolute atomic E-state index is 3.42. The number of fused-ring (bicyclic) bond motifs is 1. The third kappa shape index (κ3) is 2.33. The van der Waals surface area contributed by atoms with Crippen LogP contribution in [0.2, 0.25) is 0 Å². The summed E-state index contributed by atoms with van der Waals surface area (Å²) >= 11 is 0. The summed E-state index contributed by atoms with van der Waals surface area (Å²) in [5.41, 5.74) is 4.11. The predicted octanol–water partition coefficient (Wildman–Crippen LogP) is 1.45. The summed E-state index contributed by atoms with van der Waals surface area (Å²) in [6.45, 7) is 4.31. The van der Waals surface area contributed by atoms with E-state index < -0.39 is 0 Å². The largest absolute Gasteiger partial charge is 0.367 e. The lowest BCUT2D eigenvalue weighted by molar-refractivity contribution is 0.410. The predicted molar refractivity (Wildman–Crippen MR) is 80.5 cm³/mol. The van der Waals surface area contributed by atoms with E-state index in [1.807, 2.05) is 0 Å². The normalized spacial score (nSPS) is 18.9. The van der Waals surface area contributed by atoms with Gasteiger partial charge in [-0.3, -0.25) is 5.01 Å². The number of anilines is 2. The number of rotatable bonds is 2. The number of hydrogen-bond acceptors (Lipinski definition) is 4. The van der Waals surface area contributed by atoms with Crippen molar-refractivity contribution in [3.63, 3.8) is 0 Å². The van der Waals surface area contributed by atoms with Crippen LogP contribution in [0, 0.1) is 0 Å².